The number of allylic oxidation sites excluding steroid dienone is 3. The van der Waals surface area contributed by atoms with Crippen molar-refractivity contribution in [2.24, 2.45) is 5.41 Å². The van der Waals surface area contributed by atoms with Crippen molar-refractivity contribution < 1.29 is 14.6 Å². The normalized spacial score (nSPS) is 16.4. The largest absolute Gasteiger partial charge is 0.481 e. The fraction of sp³-hybridized carbons (Fsp3) is 0.238. The molecule has 4 nitrogen and oxygen atoms in total. The molecule has 0 radical (unpaired) electrons. The summed E-state index contributed by atoms with van der Waals surface area (Å²) < 4.78 is 5.99. The minimum Gasteiger partial charge on any atom is -0.481 e. The molecular formula is C21H21NO3. The molecule has 0 saturated heterocycles. The highest BCUT2D eigenvalue weighted by Gasteiger charge is 2.44. The van der Waals surface area contributed by atoms with Gasteiger partial charge in [-0.2, -0.15) is 0 Å². The molecule has 0 aliphatic carbocycles. The molecule has 0 fully saturated rings. The Morgan fingerprint density at radius 3 is 2.64 bits per heavy atom. The second-order valence-corrected chi connectivity index (χ2v) is 6.78. The molecule has 25 heavy (non-hydrogen) atoms. The Balaban J connectivity index is 2.20. The van der Waals surface area contributed by atoms with Crippen LogP contribution in [0.2, 0.25) is 0 Å². The van der Waals surface area contributed by atoms with Crippen LogP contribution in [0.4, 0.5) is 0 Å². The summed E-state index contributed by atoms with van der Waals surface area (Å²) in [4.78, 5) is 16.5. The van der Waals surface area contributed by atoms with E-state index < -0.39 is 11.4 Å². The lowest BCUT2D eigenvalue weighted by Gasteiger charge is -2.36. The number of rotatable bonds is 4. The molecule has 1 aliphatic heterocycles. The minimum absolute atomic E-state index is 0.338. The van der Waals surface area contributed by atoms with E-state index in [1.165, 1.54) is 0 Å². The summed E-state index contributed by atoms with van der Waals surface area (Å²) in [6.45, 7) is 9.13. The lowest BCUT2D eigenvalue weighted by atomic mass is 9.70. The maximum absolute atomic E-state index is 11.9. The van der Waals surface area contributed by atoms with Crippen molar-refractivity contribution in [3.8, 4) is 11.6 Å². The van der Waals surface area contributed by atoms with Gasteiger partial charge in [-0.1, -0.05) is 43.0 Å². The minimum atomic E-state index is -0.996. The van der Waals surface area contributed by atoms with Gasteiger partial charge in [-0.3, -0.25) is 4.79 Å². The quantitative estimate of drug-likeness (QED) is 0.797. The molecule has 1 aliphatic rings. The lowest BCUT2D eigenvalue weighted by Crippen LogP contribution is -2.33. The van der Waals surface area contributed by atoms with Crippen molar-refractivity contribution in [2.75, 3.05) is 0 Å². The zero-order valence-corrected chi connectivity index (χ0v) is 14.6. The predicted molar refractivity (Wildman–Crippen MR) is 97.9 cm³/mol. The van der Waals surface area contributed by atoms with Crippen LogP contribution in [0, 0.1) is 5.41 Å². The second-order valence-electron chi connectivity index (χ2n) is 6.78. The molecule has 2 aromatic rings. The summed E-state index contributed by atoms with van der Waals surface area (Å²) >= 11 is 0. The Labute approximate surface area is 147 Å². The first-order chi connectivity index (χ1) is 11.9. The summed E-state index contributed by atoms with van der Waals surface area (Å²) in [6, 6.07) is 11.4. The third kappa shape index (κ3) is 2.84. The highest BCUT2D eigenvalue weighted by molar-refractivity contribution is 5.77. The van der Waals surface area contributed by atoms with Crippen molar-refractivity contribution >= 4 is 11.5 Å². The fourth-order valence-electron chi connectivity index (χ4n) is 3.22. The summed E-state index contributed by atoms with van der Waals surface area (Å²) in [6.07, 6.45) is 3.59. The Bertz CT molecular complexity index is 880. The number of pyridine rings is 1. The molecule has 1 unspecified atom stereocenters. The smallest absolute Gasteiger partial charge is 0.310 e. The van der Waals surface area contributed by atoms with Crippen molar-refractivity contribution in [2.45, 2.75) is 26.7 Å². The molecule has 2 heterocycles. The van der Waals surface area contributed by atoms with Crippen LogP contribution in [-0.2, 0) is 4.79 Å². The number of aliphatic carboxylic acids is 1. The molecule has 1 N–H and O–H groups in total. The number of hydrogen-bond donors (Lipinski definition) is 1. The van der Waals surface area contributed by atoms with Crippen molar-refractivity contribution in [1.29, 1.82) is 0 Å². The highest BCUT2D eigenvalue weighted by atomic mass is 16.5. The number of nitrogens with zero attached hydrogens (tertiary/aromatic N) is 1. The van der Waals surface area contributed by atoms with Crippen LogP contribution >= 0.6 is 0 Å². The van der Waals surface area contributed by atoms with E-state index in [0.717, 1.165) is 22.4 Å². The topological polar surface area (TPSA) is 59.4 Å². The molecule has 0 amide bonds. The molecule has 0 spiro atoms. The average molecular weight is 335 g/mol. The SMILES string of the molecule is C=C/C=C(\C)c1ccc2c(n1)Oc1ccccc1C2C(C)(C)C(=O)O. The first-order valence-corrected chi connectivity index (χ1v) is 8.17. The van der Waals surface area contributed by atoms with Gasteiger partial charge in [0.1, 0.15) is 5.75 Å². The third-order valence-electron chi connectivity index (χ3n) is 4.68. The second kappa shape index (κ2) is 6.20. The van der Waals surface area contributed by atoms with E-state index in [0.29, 0.717) is 11.6 Å². The number of benzene rings is 1. The van der Waals surface area contributed by atoms with Crippen LogP contribution < -0.4 is 4.74 Å². The zero-order chi connectivity index (χ0) is 18.2. The van der Waals surface area contributed by atoms with Gasteiger partial charge in [-0.05, 0) is 38.5 Å². The average Bonchev–Trinajstić information content (AvgIpc) is 2.58. The van der Waals surface area contributed by atoms with E-state index in [1.54, 1.807) is 19.9 Å². The molecule has 3 rings (SSSR count). The number of carbonyl (C=O) groups is 1. The molecule has 1 aromatic heterocycles. The van der Waals surface area contributed by atoms with Gasteiger partial charge in [-0.15, -0.1) is 0 Å². The summed E-state index contributed by atoms with van der Waals surface area (Å²) in [5.41, 5.74) is 2.42. The van der Waals surface area contributed by atoms with Crippen LogP contribution in [0.15, 0.2) is 55.1 Å². The van der Waals surface area contributed by atoms with Gasteiger partial charge >= 0.3 is 5.97 Å². The lowest BCUT2D eigenvalue weighted by molar-refractivity contribution is -0.147. The molecule has 0 bridgehead atoms. The highest BCUT2D eigenvalue weighted by Crippen LogP contribution is 2.51. The van der Waals surface area contributed by atoms with Gasteiger partial charge in [0.2, 0.25) is 5.88 Å². The summed E-state index contributed by atoms with van der Waals surface area (Å²) in [5.74, 6) is -0.0705. The number of aromatic nitrogens is 1. The van der Waals surface area contributed by atoms with Crippen LogP contribution in [0.1, 0.15) is 43.5 Å². The predicted octanol–water partition coefficient (Wildman–Crippen LogP) is 5.02. The van der Waals surface area contributed by atoms with Gasteiger partial charge in [0, 0.05) is 17.0 Å². The Morgan fingerprint density at radius 2 is 1.96 bits per heavy atom. The molecule has 4 heteroatoms. The van der Waals surface area contributed by atoms with Crippen LogP contribution in [0.5, 0.6) is 11.6 Å². The zero-order valence-electron chi connectivity index (χ0n) is 14.6. The number of ether oxygens (including phenoxy) is 1. The number of carboxylic acids is 1. The van der Waals surface area contributed by atoms with Gasteiger partial charge in [0.25, 0.3) is 0 Å². The standard InChI is InChI=1S/C21H21NO3/c1-5-8-13(2)16-12-11-15-18(21(3,4)20(23)24)14-9-6-7-10-17(14)25-19(15)22-16/h5-12,18H,1H2,2-4H3,(H,23,24)/b13-8+. The van der Waals surface area contributed by atoms with E-state index in [-0.39, 0.29) is 5.92 Å². The van der Waals surface area contributed by atoms with Crippen LogP contribution in [0.25, 0.3) is 5.57 Å². The maximum atomic E-state index is 11.9. The van der Waals surface area contributed by atoms with Gasteiger partial charge in [-0.25, -0.2) is 4.98 Å². The molecule has 128 valence electrons. The number of para-hydroxylation sites is 1. The van der Waals surface area contributed by atoms with Gasteiger partial charge in [0.05, 0.1) is 11.1 Å². The van der Waals surface area contributed by atoms with Crippen LogP contribution in [0.3, 0.4) is 0 Å². The maximum Gasteiger partial charge on any atom is 0.310 e. The van der Waals surface area contributed by atoms with Gasteiger partial charge in [0.15, 0.2) is 0 Å². The van der Waals surface area contributed by atoms with E-state index >= 15 is 0 Å². The Morgan fingerprint density at radius 1 is 1.24 bits per heavy atom. The Kier molecular flexibility index (Phi) is 4.21. The number of fused-ring (bicyclic) bond motifs is 2. The van der Waals surface area contributed by atoms with Crippen LogP contribution in [-0.4, -0.2) is 16.1 Å². The molecule has 0 saturated carbocycles. The monoisotopic (exact) mass is 335 g/mol. The van der Waals surface area contributed by atoms with Gasteiger partial charge < -0.3 is 9.84 Å². The number of hydrogen-bond acceptors (Lipinski definition) is 3. The Hall–Kier alpha value is -2.88. The van der Waals surface area contributed by atoms with E-state index in [1.807, 2.05) is 49.4 Å². The summed E-state index contributed by atoms with van der Waals surface area (Å²) in [5, 5.41) is 9.78. The number of carboxylic acid groups (broad SMARTS) is 1. The molecular weight excluding hydrogens is 314 g/mol. The van der Waals surface area contributed by atoms with Crippen molar-refractivity contribution in [3.63, 3.8) is 0 Å². The van der Waals surface area contributed by atoms with Crippen molar-refractivity contribution in [3.05, 3.63) is 72.0 Å². The van der Waals surface area contributed by atoms with E-state index in [9.17, 15) is 9.90 Å². The summed E-state index contributed by atoms with van der Waals surface area (Å²) in [7, 11) is 0. The fourth-order valence-corrected chi connectivity index (χ4v) is 3.22. The molecule has 1 aromatic carbocycles. The first-order valence-electron chi connectivity index (χ1n) is 8.17. The van der Waals surface area contributed by atoms with E-state index in [4.69, 9.17) is 4.74 Å². The van der Waals surface area contributed by atoms with Crippen molar-refractivity contribution in [1.82, 2.24) is 4.98 Å². The first kappa shape index (κ1) is 17.0. The third-order valence-corrected chi connectivity index (χ3v) is 4.68. The van der Waals surface area contributed by atoms with E-state index in [2.05, 4.69) is 11.6 Å². The molecule has 1 atom stereocenters.